The van der Waals surface area contributed by atoms with E-state index in [1.807, 2.05) is 24.3 Å². The summed E-state index contributed by atoms with van der Waals surface area (Å²) in [5.41, 5.74) is 1.40. The van der Waals surface area contributed by atoms with Crippen LogP contribution in [0.5, 0.6) is 11.5 Å². The fraction of sp³-hybridized carbons (Fsp3) is 0. The molecule has 21 heavy (non-hydrogen) atoms. The van der Waals surface area contributed by atoms with E-state index >= 15 is 0 Å². The summed E-state index contributed by atoms with van der Waals surface area (Å²) < 4.78 is 6.09. The SMILES string of the molecule is C=CC(=O)Oc1ccc(O)c(-c2nc3ccccc3s2)c1. The van der Waals surface area contributed by atoms with Crippen LogP contribution >= 0.6 is 11.3 Å². The highest BCUT2D eigenvalue weighted by molar-refractivity contribution is 7.21. The van der Waals surface area contributed by atoms with Gasteiger partial charge in [-0.15, -0.1) is 11.3 Å². The molecule has 4 nitrogen and oxygen atoms in total. The van der Waals surface area contributed by atoms with Crippen LogP contribution in [0.2, 0.25) is 0 Å². The van der Waals surface area contributed by atoms with E-state index < -0.39 is 5.97 Å². The van der Waals surface area contributed by atoms with Crippen molar-refractivity contribution in [2.24, 2.45) is 0 Å². The standard InChI is InChI=1S/C16H11NO3S/c1-2-15(19)20-10-7-8-13(18)11(9-10)16-17-12-5-3-4-6-14(12)21-16/h2-9,18H,1H2. The van der Waals surface area contributed by atoms with Crippen LogP contribution in [0.3, 0.4) is 0 Å². The highest BCUT2D eigenvalue weighted by Crippen LogP contribution is 2.37. The third-order valence-corrected chi connectivity index (χ3v) is 3.95. The van der Waals surface area contributed by atoms with Crippen LogP contribution in [0, 0.1) is 0 Å². The van der Waals surface area contributed by atoms with Gasteiger partial charge in [0.05, 0.1) is 15.8 Å². The lowest BCUT2D eigenvalue weighted by molar-refractivity contribution is -0.128. The molecule has 5 heteroatoms. The number of hydrogen-bond acceptors (Lipinski definition) is 5. The fourth-order valence-electron chi connectivity index (χ4n) is 1.90. The second-order valence-electron chi connectivity index (χ2n) is 4.29. The molecule has 2 aromatic carbocycles. The van der Waals surface area contributed by atoms with Crippen LogP contribution in [-0.2, 0) is 4.79 Å². The molecule has 0 atom stereocenters. The highest BCUT2D eigenvalue weighted by Gasteiger charge is 2.12. The molecule has 1 aromatic heterocycles. The first-order chi connectivity index (χ1) is 10.2. The van der Waals surface area contributed by atoms with Gasteiger partial charge < -0.3 is 9.84 Å². The molecule has 104 valence electrons. The Bertz CT molecular complexity index is 805. The van der Waals surface area contributed by atoms with Crippen LogP contribution in [0.4, 0.5) is 0 Å². The van der Waals surface area contributed by atoms with E-state index in [1.165, 1.54) is 23.5 Å². The van der Waals surface area contributed by atoms with Crippen molar-refractivity contribution in [2.45, 2.75) is 0 Å². The summed E-state index contributed by atoms with van der Waals surface area (Å²) in [5, 5.41) is 10.7. The quantitative estimate of drug-likeness (QED) is 0.454. The molecule has 0 aliphatic heterocycles. The van der Waals surface area contributed by atoms with Crippen molar-refractivity contribution in [3.63, 3.8) is 0 Å². The Kier molecular flexibility index (Phi) is 3.41. The Hall–Kier alpha value is -2.66. The molecule has 0 amide bonds. The van der Waals surface area contributed by atoms with Gasteiger partial charge in [0.2, 0.25) is 0 Å². The van der Waals surface area contributed by atoms with Gasteiger partial charge in [0.1, 0.15) is 16.5 Å². The number of benzene rings is 2. The van der Waals surface area contributed by atoms with Crippen molar-refractivity contribution in [1.29, 1.82) is 0 Å². The molecule has 0 radical (unpaired) electrons. The van der Waals surface area contributed by atoms with Gasteiger partial charge in [-0.2, -0.15) is 0 Å². The lowest BCUT2D eigenvalue weighted by Gasteiger charge is -2.05. The van der Waals surface area contributed by atoms with Crippen molar-refractivity contribution in [2.75, 3.05) is 0 Å². The molecular formula is C16H11NO3S. The van der Waals surface area contributed by atoms with Crippen molar-refractivity contribution in [3.05, 3.63) is 55.1 Å². The van der Waals surface area contributed by atoms with Crippen molar-refractivity contribution < 1.29 is 14.6 Å². The summed E-state index contributed by atoms with van der Waals surface area (Å²) in [7, 11) is 0. The maximum absolute atomic E-state index is 11.2. The van der Waals surface area contributed by atoms with E-state index in [2.05, 4.69) is 11.6 Å². The van der Waals surface area contributed by atoms with Crippen molar-refractivity contribution in [1.82, 2.24) is 4.98 Å². The van der Waals surface area contributed by atoms with Crippen molar-refractivity contribution >= 4 is 27.5 Å². The van der Waals surface area contributed by atoms with E-state index in [4.69, 9.17) is 4.74 Å². The molecule has 3 rings (SSSR count). The number of thiazole rings is 1. The summed E-state index contributed by atoms with van der Waals surface area (Å²) in [6.45, 7) is 3.35. The first kappa shape index (κ1) is 13.3. The van der Waals surface area contributed by atoms with E-state index in [9.17, 15) is 9.90 Å². The summed E-state index contributed by atoms with van der Waals surface area (Å²) >= 11 is 1.47. The molecule has 0 unspecified atom stereocenters. The topological polar surface area (TPSA) is 59.4 Å². The highest BCUT2D eigenvalue weighted by atomic mass is 32.1. The Morgan fingerprint density at radius 1 is 1.29 bits per heavy atom. The molecule has 0 saturated heterocycles. The van der Waals surface area contributed by atoms with Gasteiger partial charge in [0.25, 0.3) is 0 Å². The third-order valence-electron chi connectivity index (χ3n) is 2.88. The van der Waals surface area contributed by atoms with E-state index in [0.29, 0.717) is 16.3 Å². The fourth-order valence-corrected chi connectivity index (χ4v) is 2.89. The third kappa shape index (κ3) is 2.64. The number of phenols is 1. The summed E-state index contributed by atoms with van der Waals surface area (Å²) in [4.78, 5) is 15.7. The minimum Gasteiger partial charge on any atom is -0.507 e. The number of esters is 1. The smallest absolute Gasteiger partial charge is 0.335 e. The number of aromatic hydroxyl groups is 1. The van der Waals surface area contributed by atoms with E-state index in [-0.39, 0.29) is 5.75 Å². The minimum atomic E-state index is -0.545. The average molecular weight is 297 g/mol. The summed E-state index contributed by atoms with van der Waals surface area (Å²) in [6, 6.07) is 12.3. The number of aromatic nitrogens is 1. The Labute approximate surface area is 125 Å². The molecular weight excluding hydrogens is 286 g/mol. The number of carbonyl (C=O) groups excluding carboxylic acids is 1. The van der Waals surface area contributed by atoms with Crippen molar-refractivity contribution in [3.8, 4) is 22.1 Å². The van der Waals surface area contributed by atoms with Crippen LogP contribution < -0.4 is 4.74 Å². The van der Waals surface area contributed by atoms with Gasteiger partial charge in [0.15, 0.2) is 0 Å². The Balaban J connectivity index is 2.06. The predicted octanol–water partition coefficient (Wildman–Crippen LogP) is 3.76. The van der Waals surface area contributed by atoms with Crippen LogP contribution in [0.25, 0.3) is 20.8 Å². The summed E-state index contributed by atoms with van der Waals surface area (Å²) in [5.74, 6) is -0.115. The molecule has 1 heterocycles. The first-order valence-electron chi connectivity index (χ1n) is 6.20. The molecule has 0 saturated carbocycles. The average Bonchev–Trinajstić information content (AvgIpc) is 2.92. The largest absolute Gasteiger partial charge is 0.507 e. The van der Waals surface area contributed by atoms with Gasteiger partial charge in [-0.1, -0.05) is 18.7 Å². The van der Waals surface area contributed by atoms with Gasteiger partial charge >= 0.3 is 5.97 Å². The maximum atomic E-state index is 11.2. The number of rotatable bonds is 3. The molecule has 0 aliphatic carbocycles. The van der Waals surface area contributed by atoms with Crippen LogP contribution in [-0.4, -0.2) is 16.1 Å². The minimum absolute atomic E-state index is 0.0902. The van der Waals surface area contributed by atoms with Gasteiger partial charge in [-0.05, 0) is 30.3 Å². The van der Waals surface area contributed by atoms with Crippen LogP contribution in [0.1, 0.15) is 0 Å². The second-order valence-corrected chi connectivity index (χ2v) is 5.32. The lowest BCUT2D eigenvalue weighted by atomic mass is 10.2. The molecule has 0 bridgehead atoms. The lowest BCUT2D eigenvalue weighted by Crippen LogP contribution is -2.02. The monoisotopic (exact) mass is 297 g/mol. The second kappa shape index (κ2) is 5.38. The molecule has 0 fully saturated rings. The number of hydrogen-bond donors (Lipinski definition) is 1. The molecule has 1 N–H and O–H groups in total. The molecule has 3 aromatic rings. The summed E-state index contributed by atoms with van der Waals surface area (Å²) in [6.07, 6.45) is 1.09. The van der Waals surface area contributed by atoms with Gasteiger partial charge in [0, 0.05) is 6.08 Å². The predicted molar refractivity (Wildman–Crippen MR) is 82.6 cm³/mol. The number of ether oxygens (including phenoxy) is 1. The zero-order valence-electron chi connectivity index (χ0n) is 10.9. The number of nitrogens with zero attached hydrogens (tertiary/aromatic N) is 1. The van der Waals surface area contributed by atoms with E-state index in [1.54, 1.807) is 6.07 Å². The Morgan fingerprint density at radius 2 is 2.10 bits per heavy atom. The van der Waals surface area contributed by atoms with E-state index in [0.717, 1.165) is 16.3 Å². The molecule has 0 aliphatic rings. The number of phenolic OH excluding ortho intramolecular Hbond substituents is 1. The van der Waals surface area contributed by atoms with Gasteiger partial charge in [-0.25, -0.2) is 9.78 Å². The number of carbonyl (C=O) groups is 1. The number of fused-ring (bicyclic) bond motifs is 1. The zero-order valence-corrected chi connectivity index (χ0v) is 11.8. The Morgan fingerprint density at radius 3 is 2.86 bits per heavy atom. The normalized spacial score (nSPS) is 10.5. The molecule has 0 spiro atoms. The maximum Gasteiger partial charge on any atom is 0.335 e. The van der Waals surface area contributed by atoms with Crippen LogP contribution in [0.15, 0.2) is 55.1 Å². The zero-order chi connectivity index (χ0) is 14.8. The van der Waals surface area contributed by atoms with Gasteiger partial charge in [-0.3, -0.25) is 0 Å². The number of para-hydroxylation sites is 1. The first-order valence-corrected chi connectivity index (χ1v) is 7.02.